The number of hydrogen-bond donors (Lipinski definition) is 1. The lowest BCUT2D eigenvalue weighted by atomic mass is 10.2. The third-order valence-electron chi connectivity index (χ3n) is 3.17. The molecule has 0 fully saturated rings. The van der Waals surface area contributed by atoms with Crippen LogP contribution in [0.1, 0.15) is 11.5 Å². The van der Waals surface area contributed by atoms with E-state index in [2.05, 4.69) is 20.5 Å². The van der Waals surface area contributed by atoms with E-state index in [0.717, 1.165) is 5.56 Å². The van der Waals surface area contributed by atoms with Gasteiger partial charge in [0.2, 0.25) is 5.89 Å². The molecule has 2 heterocycles. The van der Waals surface area contributed by atoms with Crippen LogP contribution in [0.3, 0.4) is 0 Å². The Balaban J connectivity index is 1.42. The standard InChI is InChI=1S/C17H16N4O3/c22-17(23-12-13-6-2-1-3-7-13)19-11-9-15-20-21-16(24-15)14-8-4-5-10-18-14/h1-8,10H,9,11-12H2,(H,19,22). The first-order valence-corrected chi connectivity index (χ1v) is 7.49. The predicted octanol–water partition coefficient (Wildman–Crippen LogP) is 2.60. The molecule has 3 aromatic rings. The summed E-state index contributed by atoms with van der Waals surface area (Å²) in [5, 5.41) is 10.5. The van der Waals surface area contributed by atoms with Gasteiger partial charge in [-0.15, -0.1) is 10.2 Å². The van der Waals surface area contributed by atoms with Crippen LogP contribution >= 0.6 is 0 Å². The Morgan fingerprint density at radius 1 is 1.08 bits per heavy atom. The molecule has 1 aromatic carbocycles. The van der Waals surface area contributed by atoms with Crippen molar-refractivity contribution in [1.82, 2.24) is 20.5 Å². The molecule has 0 aliphatic heterocycles. The maximum absolute atomic E-state index is 11.6. The van der Waals surface area contributed by atoms with Crippen molar-refractivity contribution in [2.45, 2.75) is 13.0 Å². The van der Waals surface area contributed by atoms with Crippen molar-refractivity contribution in [1.29, 1.82) is 0 Å². The Labute approximate surface area is 138 Å². The second kappa shape index (κ2) is 7.87. The summed E-state index contributed by atoms with van der Waals surface area (Å²) in [6, 6.07) is 14.9. The Morgan fingerprint density at radius 2 is 1.92 bits per heavy atom. The van der Waals surface area contributed by atoms with Gasteiger partial charge in [-0.1, -0.05) is 36.4 Å². The van der Waals surface area contributed by atoms with Gasteiger partial charge >= 0.3 is 6.09 Å². The van der Waals surface area contributed by atoms with E-state index in [4.69, 9.17) is 9.15 Å². The number of hydrogen-bond acceptors (Lipinski definition) is 6. The number of rotatable bonds is 6. The number of nitrogens with zero attached hydrogens (tertiary/aromatic N) is 3. The average Bonchev–Trinajstić information content (AvgIpc) is 3.11. The second-order valence-corrected chi connectivity index (χ2v) is 4.95. The monoisotopic (exact) mass is 324 g/mol. The first-order chi connectivity index (χ1) is 11.8. The highest BCUT2D eigenvalue weighted by Gasteiger charge is 2.10. The molecule has 0 bridgehead atoms. The van der Waals surface area contributed by atoms with Crippen molar-refractivity contribution in [3.8, 4) is 11.6 Å². The minimum atomic E-state index is -0.483. The van der Waals surface area contributed by atoms with Gasteiger partial charge in [0.25, 0.3) is 5.89 Å². The highest BCUT2D eigenvalue weighted by Crippen LogP contribution is 2.14. The Hall–Kier alpha value is -3.22. The summed E-state index contributed by atoms with van der Waals surface area (Å²) in [6.45, 7) is 0.578. The van der Waals surface area contributed by atoms with E-state index in [1.165, 1.54) is 0 Å². The third-order valence-corrected chi connectivity index (χ3v) is 3.17. The number of carbonyl (C=O) groups is 1. The van der Waals surface area contributed by atoms with Crippen molar-refractivity contribution < 1.29 is 13.9 Å². The topological polar surface area (TPSA) is 90.1 Å². The van der Waals surface area contributed by atoms with E-state index in [0.29, 0.717) is 30.4 Å². The highest BCUT2D eigenvalue weighted by molar-refractivity contribution is 5.67. The maximum Gasteiger partial charge on any atom is 0.407 e. The van der Waals surface area contributed by atoms with Gasteiger partial charge in [-0.25, -0.2) is 4.79 Å². The summed E-state index contributed by atoms with van der Waals surface area (Å²) >= 11 is 0. The van der Waals surface area contributed by atoms with Gasteiger partial charge in [0, 0.05) is 19.2 Å². The minimum absolute atomic E-state index is 0.233. The summed E-state index contributed by atoms with van der Waals surface area (Å²) in [5.41, 5.74) is 1.55. The molecule has 0 radical (unpaired) electrons. The highest BCUT2D eigenvalue weighted by atomic mass is 16.5. The van der Waals surface area contributed by atoms with E-state index < -0.39 is 6.09 Å². The zero-order valence-electron chi connectivity index (χ0n) is 12.9. The molecule has 0 saturated heterocycles. The van der Waals surface area contributed by atoms with Gasteiger partial charge in [0.15, 0.2) is 0 Å². The zero-order chi connectivity index (χ0) is 16.6. The number of ether oxygens (including phenoxy) is 1. The minimum Gasteiger partial charge on any atom is -0.445 e. The van der Waals surface area contributed by atoms with Crippen LogP contribution in [-0.4, -0.2) is 27.8 Å². The van der Waals surface area contributed by atoms with Crippen LogP contribution in [-0.2, 0) is 17.8 Å². The van der Waals surface area contributed by atoms with Crippen LogP contribution in [0.15, 0.2) is 59.1 Å². The fraction of sp³-hybridized carbons (Fsp3) is 0.176. The maximum atomic E-state index is 11.6. The van der Waals surface area contributed by atoms with Crippen molar-refractivity contribution >= 4 is 6.09 Å². The van der Waals surface area contributed by atoms with E-state index in [1.807, 2.05) is 42.5 Å². The number of alkyl carbamates (subject to hydrolysis) is 1. The quantitative estimate of drug-likeness (QED) is 0.749. The molecule has 3 rings (SSSR count). The molecule has 7 nitrogen and oxygen atoms in total. The SMILES string of the molecule is O=C(NCCc1nnc(-c2ccccn2)o1)OCc1ccccc1. The van der Waals surface area contributed by atoms with Crippen molar-refractivity contribution in [2.75, 3.05) is 6.54 Å². The molecule has 122 valence electrons. The van der Waals surface area contributed by atoms with Crippen LogP contribution in [0.5, 0.6) is 0 Å². The van der Waals surface area contributed by atoms with E-state index in [1.54, 1.807) is 12.3 Å². The van der Waals surface area contributed by atoms with Crippen LogP contribution < -0.4 is 5.32 Å². The number of pyridine rings is 1. The lowest BCUT2D eigenvalue weighted by Gasteiger charge is -2.05. The second-order valence-electron chi connectivity index (χ2n) is 4.95. The molecule has 0 saturated carbocycles. The number of amides is 1. The summed E-state index contributed by atoms with van der Waals surface area (Å²) < 4.78 is 10.6. The molecule has 2 aromatic heterocycles. The normalized spacial score (nSPS) is 10.3. The zero-order valence-corrected chi connectivity index (χ0v) is 12.9. The van der Waals surface area contributed by atoms with Crippen molar-refractivity contribution in [3.05, 3.63) is 66.2 Å². The van der Waals surface area contributed by atoms with Gasteiger partial charge in [-0.3, -0.25) is 4.98 Å². The molecule has 0 aliphatic rings. The molecule has 0 unspecified atom stereocenters. The van der Waals surface area contributed by atoms with Gasteiger partial charge in [0.1, 0.15) is 12.3 Å². The molecule has 1 N–H and O–H groups in total. The fourth-order valence-electron chi connectivity index (χ4n) is 1.99. The molecule has 0 aliphatic carbocycles. The third kappa shape index (κ3) is 4.39. The Kier molecular flexibility index (Phi) is 5.14. The van der Waals surface area contributed by atoms with Gasteiger partial charge in [-0.2, -0.15) is 0 Å². The Morgan fingerprint density at radius 3 is 2.71 bits per heavy atom. The average molecular weight is 324 g/mol. The van der Waals surface area contributed by atoms with Crippen LogP contribution in [0.25, 0.3) is 11.6 Å². The summed E-state index contributed by atoms with van der Waals surface area (Å²) in [4.78, 5) is 15.8. The largest absolute Gasteiger partial charge is 0.445 e. The van der Waals surface area contributed by atoms with Crippen LogP contribution in [0.4, 0.5) is 4.79 Å². The number of aromatic nitrogens is 3. The Bertz CT molecular complexity index is 775. The van der Waals surface area contributed by atoms with E-state index in [-0.39, 0.29) is 6.61 Å². The number of benzene rings is 1. The molecular weight excluding hydrogens is 308 g/mol. The van der Waals surface area contributed by atoms with E-state index in [9.17, 15) is 4.79 Å². The fourth-order valence-corrected chi connectivity index (χ4v) is 1.99. The van der Waals surface area contributed by atoms with Crippen molar-refractivity contribution in [2.24, 2.45) is 0 Å². The summed E-state index contributed by atoms with van der Waals surface area (Å²) in [5.74, 6) is 0.788. The molecule has 0 atom stereocenters. The summed E-state index contributed by atoms with van der Waals surface area (Å²) in [6.07, 6.45) is 1.59. The predicted molar refractivity (Wildman–Crippen MR) is 85.9 cm³/mol. The van der Waals surface area contributed by atoms with Gasteiger partial charge < -0.3 is 14.5 Å². The van der Waals surface area contributed by atoms with Gasteiger partial charge in [0.05, 0.1) is 0 Å². The van der Waals surface area contributed by atoms with Crippen LogP contribution in [0.2, 0.25) is 0 Å². The van der Waals surface area contributed by atoms with Crippen LogP contribution in [0, 0.1) is 0 Å². The first-order valence-electron chi connectivity index (χ1n) is 7.49. The molecular formula is C17H16N4O3. The first kappa shape index (κ1) is 15.7. The van der Waals surface area contributed by atoms with E-state index >= 15 is 0 Å². The summed E-state index contributed by atoms with van der Waals surface area (Å²) in [7, 11) is 0. The molecule has 0 spiro atoms. The van der Waals surface area contributed by atoms with Crippen molar-refractivity contribution in [3.63, 3.8) is 0 Å². The lowest BCUT2D eigenvalue weighted by Crippen LogP contribution is -2.26. The lowest BCUT2D eigenvalue weighted by molar-refractivity contribution is 0.139. The number of carbonyl (C=O) groups excluding carboxylic acids is 1. The molecule has 1 amide bonds. The van der Waals surface area contributed by atoms with Gasteiger partial charge in [-0.05, 0) is 17.7 Å². The molecule has 24 heavy (non-hydrogen) atoms. The molecule has 7 heteroatoms. The number of nitrogens with one attached hydrogen (secondary N) is 1. The smallest absolute Gasteiger partial charge is 0.407 e.